The van der Waals surface area contributed by atoms with E-state index >= 15 is 0 Å². The van der Waals surface area contributed by atoms with Gasteiger partial charge in [-0.2, -0.15) is 0 Å². The average molecular weight is 276 g/mol. The maximum Gasteiger partial charge on any atom is 0.242 e. The summed E-state index contributed by atoms with van der Waals surface area (Å²) in [7, 11) is 0. The van der Waals surface area contributed by atoms with Crippen LogP contribution in [-0.2, 0) is 16.1 Å². The minimum Gasteiger partial charge on any atom is -0.354 e. The standard InChI is InChI=1S/C16H24N2O2/c1-4-11-17-16(20)13(3)18(15(19)5-2)12-14-9-7-6-8-10-14/h6-10,13H,4-5,11-12H2,1-3H3,(H,17,20)/t13-/m0/s1. The van der Waals surface area contributed by atoms with Crippen molar-refractivity contribution >= 4 is 11.8 Å². The van der Waals surface area contributed by atoms with Crippen LogP contribution in [0.2, 0.25) is 0 Å². The normalized spacial score (nSPS) is 11.8. The maximum absolute atomic E-state index is 12.1. The zero-order chi connectivity index (χ0) is 15.0. The molecule has 0 heterocycles. The maximum atomic E-state index is 12.1. The van der Waals surface area contributed by atoms with E-state index in [1.807, 2.05) is 44.2 Å². The fourth-order valence-corrected chi connectivity index (χ4v) is 1.96. The van der Waals surface area contributed by atoms with Gasteiger partial charge in [-0.25, -0.2) is 0 Å². The van der Waals surface area contributed by atoms with Crippen LogP contribution in [0.3, 0.4) is 0 Å². The highest BCUT2D eigenvalue weighted by atomic mass is 16.2. The summed E-state index contributed by atoms with van der Waals surface area (Å²) >= 11 is 0. The van der Waals surface area contributed by atoms with Crippen molar-refractivity contribution in [3.63, 3.8) is 0 Å². The van der Waals surface area contributed by atoms with Gasteiger partial charge in [0.1, 0.15) is 6.04 Å². The van der Waals surface area contributed by atoms with E-state index in [4.69, 9.17) is 0 Å². The molecule has 0 aliphatic carbocycles. The molecule has 0 spiro atoms. The molecule has 0 saturated carbocycles. The molecule has 0 aromatic heterocycles. The summed E-state index contributed by atoms with van der Waals surface area (Å²) in [6.45, 7) is 6.71. The Labute approximate surface area is 121 Å². The van der Waals surface area contributed by atoms with Crippen molar-refractivity contribution in [3.05, 3.63) is 35.9 Å². The molecule has 1 N–H and O–H groups in total. The monoisotopic (exact) mass is 276 g/mol. The average Bonchev–Trinajstić information content (AvgIpc) is 2.49. The second-order valence-electron chi connectivity index (χ2n) is 4.83. The van der Waals surface area contributed by atoms with Crippen LogP contribution >= 0.6 is 0 Å². The van der Waals surface area contributed by atoms with Crippen molar-refractivity contribution in [2.45, 2.75) is 46.2 Å². The molecule has 1 atom stereocenters. The van der Waals surface area contributed by atoms with E-state index in [0.717, 1.165) is 12.0 Å². The fourth-order valence-electron chi connectivity index (χ4n) is 1.96. The van der Waals surface area contributed by atoms with Crippen LogP contribution in [0.25, 0.3) is 0 Å². The Bertz CT molecular complexity index is 431. The molecule has 4 heteroatoms. The van der Waals surface area contributed by atoms with Gasteiger partial charge in [0.25, 0.3) is 0 Å². The summed E-state index contributed by atoms with van der Waals surface area (Å²) < 4.78 is 0. The molecular formula is C16H24N2O2. The van der Waals surface area contributed by atoms with Crippen LogP contribution in [-0.4, -0.2) is 29.3 Å². The lowest BCUT2D eigenvalue weighted by atomic mass is 10.1. The Morgan fingerprint density at radius 1 is 1.20 bits per heavy atom. The Morgan fingerprint density at radius 2 is 1.85 bits per heavy atom. The Hall–Kier alpha value is -1.84. The molecule has 1 aromatic rings. The van der Waals surface area contributed by atoms with Crippen molar-refractivity contribution in [2.75, 3.05) is 6.54 Å². The third kappa shape index (κ3) is 4.68. The van der Waals surface area contributed by atoms with Crippen LogP contribution in [0.15, 0.2) is 30.3 Å². The molecule has 1 aromatic carbocycles. The van der Waals surface area contributed by atoms with Crippen molar-refractivity contribution in [1.29, 1.82) is 0 Å². The zero-order valence-electron chi connectivity index (χ0n) is 12.6. The van der Waals surface area contributed by atoms with Gasteiger partial charge in [0.2, 0.25) is 11.8 Å². The van der Waals surface area contributed by atoms with Gasteiger partial charge in [-0.1, -0.05) is 44.2 Å². The molecular weight excluding hydrogens is 252 g/mol. The van der Waals surface area contributed by atoms with Crippen molar-refractivity contribution in [1.82, 2.24) is 10.2 Å². The van der Waals surface area contributed by atoms with E-state index in [1.165, 1.54) is 0 Å². The number of carbonyl (C=O) groups is 2. The molecule has 1 rings (SSSR count). The predicted octanol–water partition coefficient (Wildman–Crippen LogP) is 2.34. The Balaban J connectivity index is 2.78. The molecule has 0 aliphatic rings. The number of rotatable bonds is 7. The summed E-state index contributed by atoms with van der Waals surface area (Å²) in [5.74, 6) is -0.0995. The van der Waals surface area contributed by atoms with Crippen LogP contribution in [0.4, 0.5) is 0 Å². The lowest BCUT2D eigenvalue weighted by molar-refractivity contribution is -0.140. The first kappa shape index (κ1) is 16.2. The van der Waals surface area contributed by atoms with E-state index < -0.39 is 6.04 Å². The SMILES string of the molecule is CCCNC(=O)[C@H](C)N(Cc1ccccc1)C(=O)CC. The molecule has 4 nitrogen and oxygen atoms in total. The highest BCUT2D eigenvalue weighted by molar-refractivity contribution is 5.87. The second-order valence-corrected chi connectivity index (χ2v) is 4.83. The van der Waals surface area contributed by atoms with E-state index in [0.29, 0.717) is 19.5 Å². The number of hydrogen-bond donors (Lipinski definition) is 1. The van der Waals surface area contributed by atoms with Crippen LogP contribution in [0.5, 0.6) is 0 Å². The first-order chi connectivity index (χ1) is 9.60. The van der Waals surface area contributed by atoms with Gasteiger partial charge in [0, 0.05) is 19.5 Å². The summed E-state index contributed by atoms with van der Waals surface area (Å²) in [6, 6.07) is 9.29. The number of nitrogens with one attached hydrogen (secondary N) is 1. The van der Waals surface area contributed by atoms with Gasteiger partial charge >= 0.3 is 0 Å². The smallest absolute Gasteiger partial charge is 0.242 e. The molecule has 0 aliphatic heterocycles. The third-order valence-electron chi connectivity index (χ3n) is 3.21. The lowest BCUT2D eigenvalue weighted by Gasteiger charge is -2.28. The molecule has 0 bridgehead atoms. The van der Waals surface area contributed by atoms with E-state index in [1.54, 1.807) is 11.8 Å². The highest BCUT2D eigenvalue weighted by Gasteiger charge is 2.24. The summed E-state index contributed by atoms with van der Waals surface area (Å²) in [6.07, 6.45) is 1.29. The van der Waals surface area contributed by atoms with Crippen LogP contribution < -0.4 is 5.32 Å². The highest BCUT2D eigenvalue weighted by Crippen LogP contribution is 2.10. The fraction of sp³-hybridized carbons (Fsp3) is 0.500. The first-order valence-electron chi connectivity index (χ1n) is 7.21. The van der Waals surface area contributed by atoms with Crippen molar-refractivity contribution in [2.24, 2.45) is 0 Å². The van der Waals surface area contributed by atoms with E-state index in [2.05, 4.69) is 5.32 Å². The molecule has 0 radical (unpaired) electrons. The molecule has 2 amide bonds. The summed E-state index contributed by atoms with van der Waals surface area (Å²) in [5.41, 5.74) is 1.03. The van der Waals surface area contributed by atoms with Gasteiger partial charge in [-0.3, -0.25) is 9.59 Å². The minimum absolute atomic E-state index is 0.00648. The number of hydrogen-bond acceptors (Lipinski definition) is 2. The van der Waals surface area contributed by atoms with E-state index in [9.17, 15) is 9.59 Å². The van der Waals surface area contributed by atoms with Crippen molar-refractivity contribution < 1.29 is 9.59 Å². The molecule has 110 valence electrons. The number of nitrogens with zero attached hydrogens (tertiary/aromatic N) is 1. The first-order valence-corrected chi connectivity index (χ1v) is 7.21. The van der Waals surface area contributed by atoms with Crippen LogP contribution in [0, 0.1) is 0 Å². The minimum atomic E-state index is -0.450. The van der Waals surface area contributed by atoms with Gasteiger partial charge in [0.05, 0.1) is 0 Å². The largest absolute Gasteiger partial charge is 0.354 e. The van der Waals surface area contributed by atoms with Gasteiger partial charge in [0.15, 0.2) is 0 Å². The van der Waals surface area contributed by atoms with E-state index in [-0.39, 0.29) is 11.8 Å². The zero-order valence-corrected chi connectivity index (χ0v) is 12.6. The Morgan fingerprint density at radius 3 is 2.40 bits per heavy atom. The summed E-state index contributed by atoms with van der Waals surface area (Å²) in [4.78, 5) is 25.8. The van der Waals surface area contributed by atoms with Gasteiger partial charge < -0.3 is 10.2 Å². The number of amides is 2. The van der Waals surface area contributed by atoms with Crippen LogP contribution in [0.1, 0.15) is 39.2 Å². The summed E-state index contributed by atoms with van der Waals surface area (Å²) in [5, 5.41) is 2.84. The molecule has 0 saturated heterocycles. The quantitative estimate of drug-likeness (QED) is 0.831. The number of carbonyl (C=O) groups excluding carboxylic acids is 2. The van der Waals surface area contributed by atoms with Crippen molar-refractivity contribution in [3.8, 4) is 0 Å². The lowest BCUT2D eigenvalue weighted by Crippen LogP contribution is -2.47. The topological polar surface area (TPSA) is 49.4 Å². The molecule has 0 fully saturated rings. The van der Waals surface area contributed by atoms with Gasteiger partial charge in [-0.15, -0.1) is 0 Å². The molecule has 0 unspecified atom stereocenters. The third-order valence-corrected chi connectivity index (χ3v) is 3.21. The number of benzene rings is 1. The molecule has 20 heavy (non-hydrogen) atoms. The second kappa shape index (κ2) is 8.35. The Kier molecular flexibility index (Phi) is 6.77. The predicted molar refractivity (Wildman–Crippen MR) is 80.0 cm³/mol. The van der Waals surface area contributed by atoms with Gasteiger partial charge in [-0.05, 0) is 18.9 Å².